The highest BCUT2D eigenvalue weighted by Crippen LogP contribution is 2.02. The van der Waals surface area contributed by atoms with Gasteiger partial charge in [-0.3, -0.25) is 4.55 Å². The molecule has 0 bridgehead atoms. The zero-order valence-electron chi connectivity index (χ0n) is 8.83. The average molecular weight is 241 g/mol. The summed E-state index contributed by atoms with van der Waals surface area (Å²) in [6.07, 6.45) is 0.820. The highest BCUT2D eigenvalue weighted by Gasteiger charge is 2.19. The first-order valence-corrected chi connectivity index (χ1v) is 6.39. The van der Waals surface area contributed by atoms with E-state index in [4.69, 9.17) is 14.8 Å². The van der Waals surface area contributed by atoms with Crippen molar-refractivity contribution >= 4 is 10.1 Å². The second-order valence-electron chi connectivity index (χ2n) is 3.32. The summed E-state index contributed by atoms with van der Waals surface area (Å²) in [5.74, 6) is 0. The van der Waals surface area contributed by atoms with Gasteiger partial charge in [0.15, 0.2) is 5.44 Å². The maximum absolute atomic E-state index is 10.5. The molecule has 1 atom stereocenters. The molecule has 7 heteroatoms. The number of aliphatic hydroxyl groups excluding tert-OH is 2. The van der Waals surface area contributed by atoms with Crippen LogP contribution in [0.15, 0.2) is 0 Å². The molecule has 6 nitrogen and oxygen atoms in total. The quantitative estimate of drug-likeness (QED) is 0.485. The molecule has 0 saturated carbocycles. The van der Waals surface area contributed by atoms with Gasteiger partial charge in [0.1, 0.15) is 0 Å². The summed E-state index contributed by atoms with van der Waals surface area (Å²) >= 11 is 0. The van der Waals surface area contributed by atoms with Crippen molar-refractivity contribution in [3.05, 3.63) is 0 Å². The van der Waals surface area contributed by atoms with Crippen molar-refractivity contribution in [2.24, 2.45) is 0 Å². The van der Waals surface area contributed by atoms with Gasteiger partial charge in [0.05, 0.1) is 6.61 Å². The molecule has 0 aliphatic heterocycles. The van der Waals surface area contributed by atoms with Crippen molar-refractivity contribution in [3.8, 4) is 0 Å². The summed E-state index contributed by atoms with van der Waals surface area (Å²) in [5, 5.41) is 17.8. The third-order valence-electron chi connectivity index (χ3n) is 1.99. The van der Waals surface area contributed by atoms with Gasteiger partial charge in [-0.2, -0.15) is 8.42 Å². The lowest BCUT2D eigenvalue weighted by molar-refractivity contribution is 0.163. The van der Waals surface area contributed by atoms with Crippen LogP contribution in [0.3, 0.4) is 0 Å². The van der Waals surface area contributed by atoms with Crippen LogP contribution < -0.4 is 0 Å². The maximum atomic E-state index is 10.5. The molecule has 0 saturated heterocycles. The van der Waals surface area contributed by atoms with Crippen LogP contribution in [0.1, 0.15) is 19.8 Å². The highest BCUT2D eigenvalue weighted by atomic mass is 32.2. The van der Waals surface area contributed by atoms with Crippen molar-refractivity contribution < 1.29 is 23.2 Å². The van der Waals surface area contributed by atoms with Gasteiger partial charge in [-0.05, 0) is 13.0 Å². The molecule has 15 heavy (non-hydrogen) atoms. The van der Waals surface area contributed by atoms with Gasteiger partial charge in [-0.15, -0.1) is 0 Å². The number of aliphatic hydroxyl groups is 2. The van der Waals surface area contributed by atoms with Gasteiger partial charge in [-0.25, -0.2) is 0 Å². The average Bonchev–Trinajstić information content (AvgIpc) is 2.12. The number of hydrogen-bond donors (Lipinski definition) is 3. The Bertz CT molecular complexity index is 248. The van der Waals surface area contributed by atoms with E-state index in [1.807, 2.05) is 11.8 Å². The lowest BCUT2D eigenvalue weighted by Gasteiger charge is -2.21. The van der Waals surface area contributed by atoms with E-state index >= 15 is 0 Å². The van der Waals surface area contributed by atoms with Gasteiger partial charge < -0.3 is 15.1 Å². The normalized spacial score (nSPS) is 14.5. The van der Waals surface area contributed by atoms with E-state index in [0.29, 0.717) is 13.1 Å². The Morgan fingerprint density at radius 3 is 2.27 bits per heavy atom. The Labute approximate surface area is 90.3 Å². The van der Waals surface area contributed by atoms with E-state index in [1.165, 1.54) is 0 Å². The first-order valence-electron chi connectivity index (χ1n) is 4.89. The molecule has 0 radical (unpaired) electrons. The van der Waals surface area contributed by atoms with Gasteiger partial charge in [0, 0.05) is 19.5 Å². The summed E-state index contributed by atoms with van der Waals surface area (Å²) < 4.78 is 29.5. The Morgan fingerprint density at radius 2 is 1.87 bits per heavy atom. The topological polar surface area (TPSA) is 98.1 Å². The van der Waals surface area contributed by atoms with Gasteiger partial charge >= 0.3 is 0 Å². The second kappa shape index (κ2) is 7.13. The van der Waals surface area contributed by atoms with Crippen LogP contribution in [-0.2, 0) is 10.1 Å². The number of rotatable bonds is 8. The minimum atomic E-state index is -4.36. The van der Waals surface area contributed by atoms with Crippen LogP contribution in [0.4, 0.5) is 0 Å². The highest BCUT2D eigenvalue weighted by molar-refractivity contribution is 7.86. The Balaban J connectivity index is 3.98. The van der Waals surface area contributed by atoms with Gasteiger partial charge in [0.2, 0.25) is 0 Å². The van der Waals surface area contributed by atoms with Crippen molar-refractivity contribution in [1.82, 2.24) is 4.90 Å². The smallest absolute Gasteiger partial charge is 0.292 e. The van der Waals surface area contributed by atoms with E-state index in [-0.39, 0.29) is 13.0 Å². The predicted molar refractivity (Wildman–Crippen MR) is 56.0 cm³/mol. The van der Waals surface area contributed by atoms with E-state index in [1.54, 1.807) is 0 Å². The van der Waals surface area contributed by atoms with E-state index in [2.05, 4.69) is 0 Å². The Kier molecular flexibility index (Phi) is 7.03. The van der Waals surface area contributed by atoms with Crippen molar-refractivity contribution in [2.75, 3.05) is 26.2 Å². The summed E-state index contributed by atoms with van der Waals surface area (Å²) in [5.41, 5.74) is -1.74. The summed E-state index contributed by atoms with van der Waals surface area (Å²) in [6, 6.07) is 0. The van der Waals surface area contributed by atoms with Crippen molar-refractivity contribution in [1.29, 1.82) is 0 Å². The summed E-state index contributed by atoms with van der Waals surface area (Å²) in [4.78, 5) is 1.83. The van der Waals surface area contributed by atoms with Gasteiger partial charge in [-0.1, -0.05) is 6.92 Å². The third kappa shape index (κ3) is 6.80. The molecule has 0 aliphatic carbocycles. The molecule has 0 spiro atoms. The number of hydrogen-bond acceptors (Lipinski definition) is 5. The molecule has 3 N–H and O–H groups in total. The first kappa shape index (κ1) is 14.8. The monoisotopic (exact) mass is 241 g/mol. The van der Waals surface area contributed by atoms with Crippen LogP contribution in [0.2, 0.25) is 0 Å². The Hall–Kier alpha value is -0.210. The zero-order valence-corrected chi connectivity index (χ0v) is 9.65. The number of nitrogens with zero attached hydrogens (tertiary/aromatic N) is 1. The zero-order chi connectivity index (χ0) is 11.9. The van der Waals surface area contributed by atoms with E-state index in [0.717, 1.165) is 13.0 Å². The van der Waals surface area contributed by atoms with Gasteiger partial charge in [0.25, 0.3) is 10.1 Å². The molecule has 92 valence electrons. The van der Waals surface area contributed by atoms with Crippen molar-refractivity contribution in [2.45, 2.75) is 25.2 Å². The largest absolute Gasteiger partial charge is 0.395 e. The fraction of sp³-hybridized carbons (Fsp3) is 1.00. The molecule has 0 rings (SSSR count). The SMILES string of the molecule is CCCN(CCO)CCC(O)S(=O)(=O)O. The predicted octanol–water partition coefficient (Wildman–Crippen LogP) is -0.713. The van der Waals surface area contributed by atoms with E-state index < -0.39 is 15.6 Å². The standard InChI is InChI=1S/C8H19NO5S/c1-2-4-9(6-7-10)5-3-8(11)15(12,13)14/h8,10-11H,2-7H2,1H3,(H,12,13,14). The third-order valence-corrected chi connectivity index (χ3v) is 2.92. The fourth-order valence-corrected chi connectivity index (χ4v) is 1.64. The molecule has 0 heterocycles. The summed E-state index contributed by atoms with van der Waals surface area (Å²) in [7, 11) is -4.36. The molecule has 0 fully saturated rings. The molecule has 0 aromatic carbocycles. The van der Waals surface area contributed by atoms with Crippen LogP contribution in [0, 0.1) is 0 Å². The lowest BCUT2D eigenvalue weighted by atomic mass is 10.3. The van der Waals surface area contributed by atoms with E-state index in [9.17, 15) is 8.42 Å². The molecule has 0 aromatic rings. The van der Waals surface area contributed by atoms with Crippen LogP contribution >= 0.6 is 0 Å². The lowest BCUT2D eigenvalue weighted by Crippen LogP contribution is -2.32. The molecule has 1 unspecified atom stereocenters. The molecule has 0 aliphatic rings. The molecule has 0 amide bonds. The Morgan fingerprint density at radius 1 is 1.27 bits per heavy atom. The minimum absolute atomic E-state index is 0.0119. The van der Waals surface area contributed by atoms with Crippen molar-refractivity contribution in [3.63, 3.8) is 0 Å². The van der Waals surface area contributed by atoms with Crippen LogP contribution in [0.5, 0.6) is 0 Å². The molecular weight excluding hydrogens is 222 g/mol. The first-order chi connectivity index (χ1) is 6.91. The second-order valence-corrected chi connectivity index (χ2v) is 4.90. The molecular formula is C8H19NO5S. The molecule has 0 aromatic heterocycles. The van der Waals surface area contributed by atoms with Crippen LogP contribution in [0.25, 0.3) is 0 Å². The maximum Gasteiger partial charge on any atom is 0.292 e. The summed E-state index contributed by atoms with van der Waals surface area (Å²) in [6.45, 7) is 3.44. The fourth-order valence-electron chi connectivity index (χ4n) is 1.24. The minimum Gasteiger partial charge on any atom is -0.395 e. The van der Waals surface area contributed by atoms with Crippen LogP contribution in [-0.4, -0.2) is 59.8 Å².